The molecule has 0 bridgehead atoms. The first-order valence-corrected chi connectivity index (χ1v) is 7.50. The smallest absolute Gasteiger partial charge is 0.123 e. The van der Waals surface area contributed by atoms with Crippen molar-refractivity contribution in [2.75, 3.05) is 7.11 Å². The van der Waals surface area contributed by atoms with Crippen LogP contribution in [0.1, 0.15) is 56.7 Å². The van der Waals surface area contributed by atoms with Gasteiger partial charge in [0.25, 0.3) is 0 Å². The lowest BCUT2D eigenvalue weighted by molar-refractivity contribution is 0.283. The Hall–Kier alpha value is -1.02. The molecule has 0 aromatic heterocycles. The number of nitrogens with one attached hydrogen (secondary N) is 1. The molecule has 1 aliphatic rings. The van der Waals surface area contributed by atoms with E-state index in [0.29, 0.717) is 12.1 Å². The van der Waals surface area contributed by atoms with Gasteiger partial charge in [-0.25, -0.2) is 0 Å². The normalized spacial score (nSPS) is 25.1. The summed E-state index contributed by atoms with van der Waals surface area (Å²) in [5.41, 5.74) is 2.57. The predicted octanol–water partition coefficient (Wildman–Crippen LogP) is 4.23. The Kier molecular flexibility index (Phi) is 4.87. The van der Waals surface area contributed by atoms with Gasteiger partial charge >= 0.3 is 0 Å². The highest BCUT2D eigenvalue weighted by molar-refractivity contribution is 5.38. The van der Waals surface area contributed by atoms with E-state index in [1.54, 1.807) is 7.11 Å². The highest BCUT2D eigenvalue weighted by Crippen LogP contribution is 2.29. The SMILES string of the molecule is COc1ccc(C)cc1C(C)NC1CCCC(C)C1. The second-order valence-electron chi connectivity index (χ2n) is 6.10. The van der Waals surface area contributed by atoms with E-state index in [1.165, 1.54) is 36.8 Å². The zero-order valence-electron chi connectivity index (χ0n) is 12.7. The third-order valence-corrected chi connectivity index (χ3v) is 4.27. The van der Waals surface area contributed by atoms with E-state index in [1.807, 2.05) is 0 Å². The Balaban J connectivity index is 2.06. The number of methoxy groups -OCH3 is 1. The van der Waals surface area contributed by atoms with E-state index in [0.717, 1.165) is 11.7 Å². The van der Waals surface area contributed by atoms with Gasteiger partial charge in [-0.05, 0) is 38.7 Å². The lowest BCUT2D eigenvalue weighted by Crippen LogP contribution is -2.35. The molecule has 0 aliphatic heterocycles. The van der Waals surface area contributed by atoms with Crippen molar-refractivity contribution in [2.24, 2.45) is 5.92 Å². The van der Waals surface area contributed by atoms with Crippen molar-refractivity contribution in [2.45, 2.75) is 58.5 Å². The summed E-state index contributed by atoms with van der Waals surface area (Å²) in [7, 11) is 1.75. The van der Waals surface area contributed by atoms with Crippen molar-refractivity contribution in [1.29, 1.82) is 0 Å². The Morgan fingerprint density at radius 1 is 1.32 bits per heavy atom. The molecule has 3 unspecified atom stereocenters. The van der Waals surface area contributed by atoms with Crippen LogP contribution in [-0.2, 0) is 0 Å². The van der Waals surface area contributed by atoms with Crippen LogP contribution in [0.4, 0.5) is 0 Å². The van der Waals surface area contributed by atoms with Crippen LogP contribution in [0.15, 0.2) is 18.2 Å². The largest absolute Gasteiger partial charge is 0.496 e. The van der Waals surface area contributed by atoms with Crippen molar-refractivity contribution >= 4 is 0 Å². The maximum absolute atomic E-state index is 5.49. The van der Waals surface area contributed by atoms with Crippen LogP contribution in [-0.4, -0.2) is 13.2 Å². The second-order valence-corrected chi connectivity index (χ2v) is 6.10. The fraction of sp³-hybridized carbons (Fsp3) is 0.647. The molecule has 3 atom stereocenters. The minimum absolute atomic E-state index is 0.352. The molecule has 1 aliphatic carbocycles. The van der Waals surface area contributed by atoms with Gasteiger partial charge in [0.15, 0.2) is 0 Å². The first-order chi connectivity index (χ1) is 9.10. The monoisotopic (exact) mass is 261 g/mol. The Bertz CT molecular complexity index is 416. The molecular formula is C17H27NO. The van der Waals surface area contributed by atoms with Gasteiger partial charge in [-0.15, -0.1) is 0 Å². The number of aryl methyl sites for hydroxylation is 1. The number of hydrogen-bond donors (Lipinski definition) is 1. The van der Waals surface area contributed by atoms with E-state index in [4.69, 9.17) is 4.74 Å². The summed E-state index contributed by atoms with van der Waals surface area (Å²) in [6, 6.07) is 7.43. The van der Waals surface area contributed by atoms with Crippen LogP contribution in [0.25, 0.3) is 0 Å². The summed E-state index contributed by atoms with van der Waals surface area (Å²) >= 11 is 0. The molecule has 0 saturated heterocycles. The lowest BCUT2D eigenvalue weighted by Gasteiger charge is -2.30. The van der Waals surface area contributed by atoms with Crippen LogP contribution >= 0.6 is 0 Å². The van der Waals surface area contributed by atoms with Gasteiger partial charge in [0, 0.05) is 17.6 Å². The summed E-state index contributed by atoms with van der Waals surface area (Å²) in [6.07, 6.45) is 5.36. The van der Waals surface area contributed by atoms with Gasteiger partial charge in [-0.1, -0.05) is 37.5 Å². The molecule has 1 aromatic carbocycles. The predicted molar refractivity (Wildman–Crippen MR) is 80.7 cm³/mol. The third kappa shape index (κ3) is 3.73. The summed E-state index contributed by atoms with van der Waals surface area (Å²) in [5, 5.41) is 3.79. The molecule has 19 heavy (non-hydrogen) atoms. The first kappa shape index (κ1) is 14.4. The fourth-order valence-electron chi connectivity index (χ4n) is 3.22. The molecule has 0 spiro atoms. The highest BCUT2D eigenvalue weighted by Gasteiger charge is 2.21. The number of rotatable bonds is 4. The minimum Gasteiger partial charge on any atom is -0.496 e. The summed E-state index contributed by atoms with van der Waals surface area (Å²) in [5.74, 6) is 1.85. The molecule has 1 fully saturated rings. The van der Waals surface area contributed by atoms with Crippen molar-refractivity contribution in [1.82, 2.24) is 5.32 Å². The lowest BCUT2D eigenvalue weighted by atomic mass is 9.86. The molecule has 0 heterocycles. The fourth-order valence-corrected chi connectivity index (χ4v) is 3.22. The van der Waals surface area contributed by atoms with Crippen molar-refractivity contribution in [3.63, 3.8) is 0 Å². The van der Waals surface area contributed by atoms with Crippen molar-refractivity contribution in [3.05, 3.63) is 29.3 Å². The number of ether oxygens (including phenoxy) is 1. The van der Waals surface area contributed by atoms with Gasteiger partial charge in [0.1, 0.15) is 5.75 Å². The van der Waals surface area contributed by atoms with E-state index in [9.17, 15) is 0 Å². The van der Waals surface area contributed by atoms with Gasteiger partial charge in [0.05, 0.1) is 7.11 Å². The average molecular weight is 261 g/mol. The summed E-state index contributed by atoms with van der Waals surface area (Å²) < 4.78 is 5.49. The maximum atomic E-state index is 5.49. The molecular weight excluding hydrogens is 234 g/mol. The van der Waals surface area contributed by atoms with Crippen LogP contribution in [0, 0.1) is 12.8 Å². The quantitative estimate of drug-likeness (QED) is 0.875. The highest BCUT2D eigenvalue weighted by atomic mass is 16.5. The third-order valence-electron chi connectivity index (χ3n) is 4.27. The van der Waals surface area contributed by atoms with E-state index in [2.05, 4.69) is 44.3 Å². The average Bonchev–Trinajstić information content (AvgIpc) is 2.38. The van der Waals surface area contributed by atoms with E-state index < -0.39 is 0 Å². The van der Waals surface area contributed by atoms with Crippen molar-refractivity contribution < 1.29 is 4.74 Å². The molecule has 2 heteroatoms. The Labute approximate surface area is 117 Å². The van der Waals surface area contributed by atoms with Crippen LogP contribution in [0.5, 0.6) is 5.75 Å². The van der Waals surface area contributed by atoms with E-state index in [-0.39, 0.29) is 0 Å². The molecule has 1 aromatic rings. The molecule has 2 rings (SSSR count). The number of benzene rings is 1. The zero-order chi connectivity index (χ0) is 13.8. The zero-order valence-corrected chi connectivity index (χ0v) is 12.7. The first-order valence-electron chi connectivity index (χ1n) is 7.50. The van der Waals surface area contributed by atoms with Crippen LogP contribution in [0.3, 0.4) is 0 Å². The van der Waals surface area contributed by atoms with Crippen molar-refractivity contribution in [3.8, 4) is 5.75 Å². The van der Waals surface area contributed by atoms with E-state index >= 15 is 0 Å². The molecule has 0 radical (unpaired) electrons. The summed E-state index contributed by atoms with van der Waals surface area (Å²) in [4.78, 5) is 0. The second kappa shape index (κ2) is 6.42. The summed E-state index contributed by atoms with van der Waals surface area (Å²) in [6.45, 7) is 6.75. The minimum atomic E-state index is 0.352. The van der Waals surface area contributed by atoms with Gasteiger partial charge < -0.3 is 10.1 Å². The Morgan fingerprint density at radius 2 is 2.11 bits per heavy atom. The molecule has 1 saturated carbocycles. The molecule has 0 amide bonds. The van der Waals surface area contributed by atoms with Gasteiger partial charge in [-0.3, -0.25) is 0 Å². The van der Waals surface area contributed by atoms with Gasteiger partial charge in [0.2, 0.25) is 0 Å². The number of hydrogen-bond acceptors (Lipinski definition) is 2. The van der Waals surface area contributed by atoms with Crippen LogP contribution < -0.4 is 10.1 Å². The molecule has 1 N–H and O–H groups in total. The topological polar surface area (TPSA) is 21.3 Å². The maximum Gasteiger partial charge on any atom is 0.123 e. The molecule has 2 nitrogen and oxygen atoms in total. The Morgan fingerprint density at radius 3 is 2.79 bits per heavy atom. The molecule has 106 valence electrons. The van der Waals surface area contributed by atoms with Crippen LogP contribution in [0.2, 0.25) is 0 Å². The van der Waals surface area contributed by atoms with Gasteiger partial charge in [-0.2, -0.15) is 0 Å². The standard InChI is InChI=1S/C17H27NO/c1-12-6-5-7-15(10-12)18-14(3)16-11-13(2)8-9-17(16)19-4/h8-9,11-12,14-15,18H,5-7,10H2,1-4H3.